The zero-order chi connectivity index (χ0) is 21.6. The fourth-order valence-electron chi connectivity index (χ4n) is 4.03. The second-order valence-electron chi connectivity index (χ2n) is 7.73. The van der Waals surface area contributed by atoms with Crippen molar-refractivity contribution in [3.8, 4) is 11.5 Å². The maximum absolute atomic E-state index is 13.2. The van der Waals surface area contributed by atoms with Crippen molar-refractivity contribution in [1.29, 1.82) is 0 Å². The van der Waals surface area contributed by atoms with Crippen molar-refractivity contribution in [1.82, 2.24) is 9.21 Å². The largest absolute Gasteiger partial charge is 0.493 e. The van der Waals surface area contributed by atoms with Gasteiger partial charge in [0.05, 0.1) is 25.5 Å². The normalized spacial score (nSPS) is 18.3. The number of piperidine rings is 1. The molecule has 2 heterocycles. The lowest BCUT2D eigenvalue weighted by atomic mass is 10.1. The minimum atomic E-state index is -3.73. The van der Waals surface area contributed by atoms with E-state index in [4.69, 9.17) is 14.2 Å². The number of carbonyl (C=O) groups excluding carboxylic acids is 1. The Labute approximate surface area is 179 Å². The van der Waals surface area contributed by atoms with Crippen LogP contribution in [-0.2, 0) is 26.0 Å². The molecular weight excluding hydrogens is 408 g/mol. The molecule has 0 aromatic heterocycles. The zero-order valence-corrected chi connectivity index (χ0v) is 18.7. The van der Waals surface area contributed by atoms with Crippen molar-refractivity contribution in [2.24, 2.45) is 0 Å². The number of esters is 1. The van der Waals surface area contributed by atoms with Crippen LogP contribution in [0.15, 0.2) is 17.0 Å². The molecule has 2 saturated heterocycles. The number of methoxy groups -OCH3 is 2. The van der Waals surface area contributed by atoms with E-state index in [0.29, 0.717) is 43.3 Å². The summed E-state index contributed by atoms with van der Waals surface area (Å²) in [5.41, 5.74) is 0.363. The van der Waals surface area contributed by atoms with Crippen LogP contribution < -0.4 is 9.47 Å². The number of likely N-dealkylation sites (tertiary alicyclic amines) is 1. The number of hydrogen-bond donors (Lipinski definition) is 0. The minimum Gasteiger partial charge on any atom is -0.493 e. The van der Waals surface area contributed by atoms with Crippen LogP contribution in [0.4, 0.5) is 0 Å². The molecule has 0 spiro atoms. The average Bonchev–Trinajstić information content (AvgIpc) is 3.30. The molecule has 0 N–H and O–H groups in total. The second kappa shape index (κ2) is 10.5. The SMILES string of the molecule is COc1cc(CC(=O)OCCN2CCCCC2)c(S(=O)(=O)N2CCCC2)cc1OC. The number of rotatable bonds is 9. The van der Waals surface area contributed by atoms with Gasteiger partial charge in [-0.1, -0.05) is 6.42 Å². The quantitative estimate of drug-likeness (QED) is 0.543. The number of ether oxygens (including phenoxy) is 3. The molecule has 0 unspecified atom stereocenters. The molecule has 0 atom stereocenters. The summed E-state index contributed by atoms with van der Waals surface area (Å²) < 4.78 is 43.9. The maximum Gasteiger partial charge on any atom is 0.310 e. The minimum absolute atomic E-state index is 0.0787. The summed E-state index contributed by atoms with van der Waals surface area (Å²) in [7, 11) is -0.792. The summed E-state index contributed by atoms with van der Waals surface area (Å²) in [5.74, 6) is 0.253. The Kier molecular flexibility index (Phi) is 7.96. The highest BCUT2D eigenvalue weighted by Crippen LogP contribution is 2.35. The first-order valence-electron chi connectivity index (χ1n) is 10.6. The van der Waals surface area contributed by atoms with Crippen LogP contribution in [0.25, 0.3) is 0 Å². The van der Waals surface area contributed by atoms with Crippen molar-refractivity contribution in [2.45, 2.75) is 43.4 Å². The van der Waals surface area contributed by atoms with Crippen molar-refractivity contribution < 1.29 is 27.4 Å². The van der Waals surface area contributed by atoms with Gasteiger partial charge < -0.3 is 14.2 Å². The van der Waals surface area contributed by atoms with Gasteiger partial charge in [-0.2, -0.15) is 4.31 Å². The van der Waals surface area contributed by atoms with Crippen LogP contribution in [0.5, 0.6) is 11.5 Å². The van der Waals surface area contributed by atoms with E-state index in [9.17, 15) is 13.2 Å². The lowest BCUT2D eigenvalue weighted by molar-refractivity contribution is -0.143. The van der Waals surface area contributed by atoms with Gasteiger partial charge in [0, 0.05) is 25.7 Å². The van der Waals surface area contributed by atoms with E-state index in [1.54, 1.807) is 6.07 Å². The predicted molar refractivity (Wildman–Crippen MR) is 112 cm³/mol. The lowest BCUT2D eigenvalue weighted by Crippen LogP contribution is -2.33. The van der Waals surface area contributed by atoms with Crippen LogP contribution >= 0.6 is 0 Å². The first-order valence-corrected chi connectivity index (χ1v) is 12.0. The number of sulfonamides is 1. The van der Waals surface area contributed by atoms with Gasteiger partial charge in [0.2, 0.25) is 10.0 Å². The van der Waals surface area contributed by atoms with Crippen molar-refractivity contribution in [2.75, 3.05) is 53.6 Å². The summed E-state index contributed by atoms with van der Waals surface area (Å²) >= 11 is 0. The Bertz CT molecular complexity index is 830. The van der Waals surface area contributed by atoms with Crippen LogP contribution in [0.2, 0.25) is 0 Å². The fraction of sp³-hybridized carbons (Fsp3) is 0.667. The Morgan fingerprint density at radius 1 is 0.933 bits per heavy atom. The van der Waals surface area contributed by atoms with Gasteiger partial charge in [0.1, 0.15) is 6.61 Å². The summed E-state index contributed by atoms with van der Waals surface area (Å²) in [6.07, 6.45) is 5.14. The maximum atomic E-state index is 13.2. The molecule has 2 aliphatic heterocycles. The number of benzene rings is 1. The Hall–Kier alpha value is -1.84. The topological polar surface area (TPSA) is 85.4 Å². The molecule has 2 fully saturated rings. The molecule has 30 heavy (non-hydrogen) atoms. The van der Waals surface area contributed by atoms with Gasteiger partial charge in [0.25, 0.3) is 0 Å². The Balaban J connectivity index is 1.75. The first-order chi connectivity index (χ1) is 14.5. The summed E-state index contributed by atoms with van der Waals surface area (Å²) in [6.45, 7) is 4.04. The smallest absolute Gasteiger partial charge is 0.310 e. The molecule has 3 rings (SSSR count). The van der Waals surface area contributed by atoms with Crippen LogP contribution in [0.1, 0.15) is 37.7 Å². The highest BCUT2D eigenvalue weighted by Gasteiger charge is 2.31. The first kappa shape index (κ1) is 22.8. The van der Waals surface area contributed by atoms with E-state index in [1.165, 1.54) is 43.9 Å². The van der Waals surface area contributed by atoms with Crippen LogP contribution in [0, 0.1) is 0 Å². The molecule has 0 bridgehead atoms. The molecule has 8 nitrogen and oxygen atoms in total. The third kappa shape index (κ3) is 5.44. The number of hydrogen-bond acceptors (Lipinski definition) is 7. The molecule has 0 radical (unpaired) electrons. The zero-order valence-electron chi connectivity index (χ0n) is 17.9. The van der Waals surface area contributed by atoms with Gasteiger partial charge in [0.15, 0.2) is 11.5 Å². The third-order valence-electron chi connectivity index (χ3n) is 5.70. The van der Waals surface area contributed by atoms with Crippen molar-refractivity contribution in [3.05, 3.63) is 17.7 Å². The number of carbonyl (C=O) groups is 1. The summed E-state index contributed by atoms with van der Waals surface area (Å²) in [6, 6.07) is 3.01. The van der Waals surface area contributed by atoms with Gasteiger partial charge in [-0.25, -0.2) is 8.42 Å². The van der Waals surface area contributed by atoms with Gasteiger partial charge in [-0.3, -0.25) is 9.69 Å². The number of nitrogens with zero attached hydrogens (tertiary/aromatic N) is 2. The highest BCUT2D eigenvalue weighted by atomic mass is 32.2. The van der Waals surface area contributed by atoms with E-state index in [1.807, 2.05) is 0 Å². The van der Waals surface area contributed by atoms with Gasteiger partial charge in [-0.05, 0) is 50.4 Å². The monoisotopic (exact) mass is 440 g/mol. The second-order valence-corrected chi connectivity index (χ2v) is 9.63. The molecule has 9 heteroatoms. The molecule has 1 aromatic rings. The van der Waals surface area contributed by atoms with Crippen LogP contribution in [0.3, 0.4) is 0 Å². The van der Waals surface area contributed by atoms with E-state index in [0.717, 1.165) is 25.9 Å². The average molecular weight is 441 g/mol. The predicted octanol–water partition coefficient (Wildman–Crippen LogP) is 2.06. The molecule has 2 aliphatic rings. The van der Waals surface area contributed by atoms with Gasteiger partial charge >= 0.3 is 5.97 Å². The fourth-order valence-corrected chi connectivity index (χ4v) is 5.76. The molecule has 168 valence electrons. The van der Waals surface area contributed by atoms with Crippen molar-refractivity contribution in [3.63, 3.8) is 0 Å². The summed E-state index contributed by atoms with van der Waals surface area (Å²) in [5, 5.41) is 0. The standard InChI is InChI=1S/C21H32N2O6S/c1-27-18-14-17(15-21(24)29-13-12-22-8-4-3-5-9-22)20(16-19(18)28-2)30(25,26)23-10-6-7-11-23/h14,16H,3-13,15H2,1-2H3. The van der Waals surface area contributed by atoms with Crippen molar-refractivity contribution >= 4 is 16.0 Å². The van der Waals surface area contributed by atoms with Crippen LogP contribution in [-0.4, -0.2) is 77.1 Å². The molecular formula is C21H32N2O6S. The molecule has 0 amide bonds. The molecule has 0 aliphatic carbocycles. The van der Waals surface area contributed by atoms with E-state index >= 15 is 0 Å². The molecule has 0 saturated carbocycles. The highest BCUT2D eigenvalue weighted by molar-refractivity contribution is 7.89. The van der Waals surface area contributed by atoms with E-state index in [-0.39, 0.29) is 11.3 Å². The third-order valence-corrected chi connectivity index (χ3v) is 7.68. The summed E-state index contributed by atoms with van der Waals surface area (Å²) in [4.78, 5) is 14.9. The molecule has 1 aromatic carbocycles. The van der Waals surface area contributed by atoms with E-state index < -0.39 is 16.0 Å². The Morgan fingerprint density at radius 2 is 1.53 bits per heavy atom. The Morgan fingerprint density at radius 3 is 2.17 bits per heavy atom. The van der Waals surface area contributed by atoms with E-state index in [2.05, 4.69) is 4.90 Å². The lowest BCUT2D eigenvalue weighted by Gasteiger charge is -2.26. The van der Waals surface area contributed by atoms with Gasteiger partial charge in [-0.15, -0.1) is 0 Å².